The van der Waals surface area contributed by atoms with E-state index in [9.17, 15) is 9.59 Å². The molecule has 6 nitrogen and oxygen atoms in total. The van der Waals surface area contributed by atoms with E-state index in [4.69, 9.17) is 4.74 Å². The van der Waals surface area contributed by atoms with Crippen LogP contribution in [0.5, 0.6) is 0 Å². The summed E-state index contributed by atoms with van der Waals surface area (Å²) >= 11 is 0. The van der Waals surface area contributed by atoms with Crippen molar-refractivity contribution in [2.45, 2.75) is 38.8 Å². The monoisotopic (exact) mass is 303 g/mol. The van der Waals surface area contributed by atoms with E-state index >= 15 is 0 Å². The minimum Gasteiger partial charge on any atom is -0.444 e. The quantitative estimate of drug-likeness (QED) is 0.880. The van der Waals surface area contributed by atoms with Crippen molar-refractivity contribution in [3.8, 4) is 0 Å². The van der Waals surface area contributed by atoms with E-state index in [0.29, 0.717) is 6.54 Å². The summed E-state index contributed by atoms with van der Waals surface area (Å²) in [7, 11) is 1.74. The molecule has 0 aliphatic carbocycles. The standard InChI is InChI=1S/C16H21N3O3/c1-16(2,3)22-15(21)19-9-8-12(19)10-6-5-7-11-13(10)18(4)14(20)17-11/h5-7,12H,8-9H2,1-4H3,(H,17,20). The molecule has 1 saturated heterocycles. The topological polar surface area (TPSA) is 67.3 Å². The number of amides is 1. The first-order valence-electron chi connectivity index (χ1n) is 7.45. The molecular weight excluding hydrogens is 282 g/mol. The largest absolute Gasteiger partial charge is 0.444 e. The molecule has 1 amide bonds. The highest BCUT2D eigenvalue weighted by Crippen LogP contribution is 2.37. The Morgan fingerprint density at radius 3 is 2.68 bits per heavy atom. The number of likely N-dealkylation sites (tertiary alicyclic amines) is 1. The molecule has 1 aliphatic heterocycles. The van der Waals surface area contributed by atoms with Crippen molar-refractivity contribution in [1.82, 2.24) is 14.5 Å². The first-order chi connectivity index (χ1) is 10.3. The number of nitrogens with zero attached hydrogens (tertiary/aromatic N) is 2. The van der Waals surface area contributed by atoms with E-state index < -0.39 is 5.60 Å². The molecule has 1 aromatic heterocycles. The Labute approximate surface area is 128 Å². The summed E-state index contributed by atoms with van der Waals surface area (Å²) in [6.45, 7) is 6.25. The molecule has 1 atom stereocenters. The Bertz CT molecular complexity index is 782. The summed E-state index contributed by atoms with van der Waals surface area (Å²) in [5.41, 5.74) is 1.97. The second kappa shape index (κ2) is 4.90. The highest BCUT2D eigenvalue weighted by Gasteiger charge is 2.37. The minimum atomic E-state index is -0.510. The summed E-state index contributed by atoms with van der Waals surface area (Å²) < 4.78 is 7.05. The number of aromatic amines is 1. The number of hydrogen-bond acceptors (Lipinski definition) is 3. The molecule has 1 aliphatic rings. The highest BCUT2D eigenvalue weighted by atomic mass is 16.6. The van der Waals surface area contributed by atoms with Gasteiger partial charge >= 0.3 is 11.8 Å². The summed E-state index contributed by atoms with van der Waals surface area (Å²) in [4.78, 5) is 28.6. The predicted molar refractivity (Wildman–Crippen MR) is 83.8 cm³/mol. The van der Waals surface area contributed by atoms with Gasteiger partial charge in [0, 0.05) is 19.2 Å². The van der Waals surface area contributed by atoms with Gasteiger partial charge < -0.3 is 14.6 Å². The lowest BCUT2D eigenvalue weighted by Gasteiger charge is -2.41. The number of nitrogens with one attached hydrogen (secondary N) is 1. The van der Waals surface area contributed by atoms with Gasteiger partial charge in [0.1, 0.15) is 5.60 Å². The number of H-pyrrole nitrogens is 1. The molecule has 118 valence electrons. The van der Waals surface area contributed by atoms with Gasteiger partial charge in [-0.1, -0.05) is 12.1 Å². The van der Waals surface area contributed by atoms with Crippen LogP contribution in [0.4, 0.5) is 4.79 Å². The third kappa shape index (κ3) is 2.38. The van der Waals surface area contributed by atoms with Crippen molar-refractivity contribution >= 4 is 17.1 Å². The average Bonchev–Trinajstić information content (AvgIpc) is 2.62. The predicted octanol–water partition coefficient (Wildman–Crippen LogP) is 2.55. The van der Waals surface area contributed by atoms with Crippen molar-refractivity contribution in [3.05, 3.63) is 34.2 Å². The summed E-state index contributed by atoms with van der Waals surface area (Å²) in [6.07, 6.45) is 0.568. The van der Waals surface area contributed by atoms with Gasteiger partial charge in [-0.25, -0.2) is 9.59 Å². The third-order valence-electron chi connectivity index (χ3n) is 3.96. The Kier molecular flexibility index (Phi) is 3.27. The molecule has 0 radical (unpaired) electrons. The summed E-state index contributed by atoms with van der Waals surface area (Å²) in [6, 6.07) is 5.70. The van der Waals surface area contributed by atoms with Crippen LogP contribution in [0, 0.1) is 0 Å². The molecule has 3 rings (SSSR count). The van der Waals surface area contributed by atoms with E-state index in [-0.39, 0.29) is 17.8 Å². The van der Waals surface area contributed by atoms with Crippen LogP contribution >= 0.6 is 0 Å². The average molecular weight is 303 g/mol. The molecule has 2 aromatic rings. The first-order valence-corrected chi connectivity index (χ1v) is 7.45. The summed E-state index contributed by atoms with van der Waals surface area (Å²) in [5.74, 6) is 0. The fourth-order valence-electron chi connectivity index (χ4n) is 2.86. The maximum Gasteiger partial charge on any atom is 0.410 e. The lowest BCUT2D eigenvalue weighted by atomic mass is 9.94. The maximum atomic E-state index is 12.3. The number of carbonyl (C=O) groups is 1. The number of carbonyl (C=O) groups excluding carboxylic acids is 1. The van der Waals surface area contributed by atoms with E-state index in [1.54, 1.807) is 16.5 Å². The molecule has 0 saturated carbocycles. The van der Waals surface area contributed by atoms with E-state index in [0.717, 1.165) is 23.0 Å². The van der Waals surface area contributed by atoms with Crippen molar-refractivity contribution in [2.75, 3.05) is 6.54 Å². The lowest BCUT2D eigenvalue weighted by Crippen LogP contribution is -2.47. The van der Waals surface area contributed by atoms with Crippen LogP contribution in [0.3, 0.4) is 0 Å². The van der Waals surface area contributed by atoms with Gasteiger partial charge in [-0.2, -0.15) is 0 Å². The van der Waals surface area contributed by atoms with Crippen molar-refractivity contribution in [2.24, 2.45) is 7.05 Å². The van der Waals surface area contributed by atoms with Gasteiger partial charge in [0.15, 0.2) is 0 Å². The number of para-hydroxylation sites is 1. The van der Waals surface area contributed by atoms with Gasteiger partial charge in [0.2, 0.25) is 0 Å². The number of aromatic nitrogens is 2. The van der Waals surface area contributed by atoms with Crippen LogP contribution in [0.2, 0.25) is 0 Å². The number of aryl methyl sites for hydroxylation is 1. The van der Waals surface area contributed by atoms with Crippen molar-refractivity contribution < 1.29 is 9.53 Å². The van der Waals surface area contributed by atoms with Crippen molar-refractivity contribution in [1.29, 1.82) is 0 Å². The second-order valence-electron chi connectivity index (χ2n) is 6.71. The molecule has 22 heavy (non-hydrogen) atoms. The first kappa shape index (κ1) is 14.7. The van der Waals surface area contributed by atoms with Gasteiger partial charge in [0.25, 0.3) is 0 Å². The Morgan fingerprint density at radius 2 is 2.09 bits per heavy atom. The number of hydrogen-bond donors (Lipinski definition) is 1. The van der Waals surface area contributed by atoms with Crippen molar-refractivity contribution in [3.63, 3.8) is 0 Å². The van der Waals surface area contributed by atoms with E-state index in [2.05, 4.69) is 4.98 Å². The van der Waals surface area contributed by atoms with Crippen LogP contribution < -0.4 is 5.69 Å². The number of rotatable bonds is 1. The normalized spacial score (nSPS) is 18.4. The third-order valence-corrected chi connectivity index (χ3v) is 3.96. The summed E-state index contributed by atoms with van der Waals surface area (Å²) in [5, 5.41) is 0. The van der Waals surface area contributed by atoms with Crippen LogP contribution in [-0.2, 0) is 11.8 Å². The van der Waals surface area contributed by atoms with Crippen LogP contribution in [0.25, 0.3) is 11.0 Å². The molecule has 2 heterocycles. The maximum absolute atomic E-state index is 12.3. The molecule has 0 bridgehead atoms. The number of benzene rings is 1. The van der Waals surface area contributed by atoms with E-state index in [1.807, 2.05) is 39.0 Å². The fraction of sp³-hybridized carbons (Fsp3) is 0.500. The Hall–Kier alpha value is -2.24. The molecule has 1 unspecified atom stereocenters. The van der Waals surface area contributed by atoms with Crippen LogP contribution in [-0.4, -0.2) is 32.7 Å². The molecule has 1 N–H and O–H groups in total. The van der Waals surface area contributed by atoms with Gasteiger partial charge in [-0.3, -0.25) is 4.57 Å². The van der Waals surface area contributed by atoms with Gasteiger partial charge in [0.05, 0.1) is 17.1 Å². The highest BCUT2D eigenvalue weighted by molar-refractivity contribution is 5.81. The molecule has 1 aromatic carbocycles. The Morgan fingerprint density at radius 1 is 1.36 bits per heavy atom. The number of imidazole rings is 1. The Balaban J connectivity index is 1.95. The molecule has 6 heteroatoms. The van der Waals surface area contributed by atoms with Gasteiger partial charge in [-0.05, 0) is 33.3 Å². The van der Waals surface area contributed by atoms with Gasteiger partial charge in [-0.15, -0.1) is 0 Å². The van der Waals surface area contributed by atoms with Crippen LogP contribution in [0.15, 0.2) is 23.0 Å². The smallest absolute Gasteiger partial charge is 0.410 e. The lowest BCUT2D eigenvalue weighted by molar-refractivity contribution is -0.00552. The molecule has 0 spiro atoms. The SMILES string of the molecule is Cn1c(=O)[nH]c2cccc(C3CCN3C(=O)OC(C)(C)C)c21. The number of ether oxygens (including phenoxy) is 1. The van der Waals surface area contributed by atoms with Crippen LogP contribution in [0.1, 0.15) is 38.8 Å². The van der Waals surface area contributed by atoms with E-state index in [1.165, 1.54) is 0 Å². The minimum absolute atomic E-state index is 0.0417. The second-order valence-corrected chi connectivity index (χ2v) is 6.71. The zero-order valence-electron chi connectivity index (χ0n) is 13.3. The molecular formula is C16H21N3O3. The zero-order chi connectivity index (χ0) is 16.1. The molecule has 1 fully saturated rings. The zero-order valence-corrected chi connectivity index (χ0v) is 13.3. The fourth-order valence-corrected chi connectivity index (χ4v) is 2.86. The number of fused-ring (bicyclic) bond motifs is 1.